The lowest BCUT2D eigenvalue weighted by Crippen LogP contribution is -2.06. The molecule has 5 aromatic rings. The van der Waals surface area contributed by atoms with Crippen molar-refractivity contribution in [3.8, 4) is 33.4 Å². The number of fused-ring (bicyclic) bond motifs is 1. The van der Waals surface area contributed by atoms with Crippen molar-refractivity contribution in [1.29, 1.82) is 0 Å². The first kappa shape index (κ1) is 26.2. The first-order valence-corrected chi connectivity index (χ1v) is 10.8. The minimum Gasteiger partial charge on any atom is -0.207 e. The molecule has 0 heterocycles. The number of hydrogen-bond acceptors (Lipinski definition) is 0. The first-order valence-electron chi connectivity index (χ1n) is 10.8. The molecule has 0 aliphatic carbocycles. The maximum Gasteiger partial charge on any atom is 0.200 e. The molecule has 0 spiro atoms. The Balaban J connectivity index is 2.02. The fourth-order valence-electron chi connectivity index (χ4n) is 4.43. The van der Waals surface area contributed by atoms with Gasteiger partial charge in [0.2, 0.25) is 5.82 Å². The van der Waals surface area contributed by atoms with Crippen molar-refractivity contribution in [1.82, 2.24) is 0 Å². The summed E-state index contributed by atoms with van der Waals surface area (Å²) in [5.41, 5.74) is -4.67. The van der Waals surface area contributed by atoms with Crippen LogP contribution >= 0.6 is 0 Å². The number of benzene rings is 5. The zero-order chi connectivity index (χ0) is 28.3. The van der Waals surface area contributed by atoms with Crippen LogP contribution in [0.4, 0.5) is 48.3 Å². The number of hydrogen-bond donors (Lipinski definition) is 0. The second-order valence-electron chi connectivity index (χ2n) is 8.30. The molecule has 0 unspecified atom stereocenters. The molecule has 0 fully saturated rings. The lowest BCUT2D eigenvalue weighted by Gasteiger charge is -2.20. The van der Waals surface area contributed by atoms with E-state index in [1.165, 1.54) is 0 Å². The van der Waals surface area contributed by atoms with Crippen LogP contribution in [0.1, 0.15) is 0 Å². The SMILES string of the molecule is Fc1cc(F)c2c(F)ccc(-c3c(-c4ccc(F)c(F)c4F)cccc3-c3c(F)c(F)c(F)c(F)c3F)c2c1. The van der Waals surface area contributed by atoms with E-state index in [1.54, 1.807) is 0 Å². The minimum atomic E-state index is -2.48. The fraction of sp³-hybridized carbons (Fsp3) is 0. The highest BCUT2D eigenvalue weighted by molar-refractivity contribution is 6.05. The van der Waals surface area contributed by atoms with Crippen LogP contribution in [-0.2, 0) is 0 Å². The molecule has 0 radical (unpaired) electrons. The monoisotopic (exact) mass is 554 g/mol. The van der Waals surface area contributed by atoms with Gasteiger partial charge in [0.05, 0.1) is 10.9 Å². The molecule has 0 amide bonds. The maximum absolute atomic E-state index is 14.9. The van der Waals surface area contributed by atoms with Crippen LogP contribution < -0.4 is 0 Å². The van der Waals surface area contributed by atoms with Crippen molar-refractivity contribution in [2.24, 2.45) is 0 Å². The van der Waals surface area contributed by atoms with Crippen LogP contribution in [-0.4, -0.2) is 0 Å². The van der Waals surface area contributed by atoms with E-state index in [9.17, 15) is 48.3 Å². The zero-order valence-electron chi connectivity index (χ0n) is 18.9. The number of rotatable bonds is 3. The summed E-state index contributed by atoms with van der Waals surface area (Å²) in [5, 5.41) is -1.40. The van der Waals surface area contributed by atoms with Crippen LogP contribution in [0.5, 0.6) is 0 Å². The Morgan fingerprint density at radius 2 is 0.923 bits per heavy atom. The van der Waals surface area contributed by atoms with Crippen molar-refractivity contribution in [2.75, 3.05) is 0 Å². The Hall–Kier alpha value is -4.41. The summed E-state index contributed by atoms with van der Waals surface area (Å²) in [7, 11) is 0. The van der Waals surface area contributed by atoms with Gasteiger partial charge in [-0.15, -0.1) is 0 Å². The summed E-state index contributed by atoms with van der Waals surface area (Å²) < 4.78 is 158. The molecule has 0 saturated heterocycles. The molecule has 39 heavy (non-hydrogen) atoms. The highest BCUT2D eigenvalue weighted by Gasteiger charge is 2.30. The van der Waals surface area contributed by atoms with Gasteiger partial charge in [-0.05, 0) is 51.9 Å². The lowest BCUT2D eigenvalue weighted by molar-refractivity contribution is 0.381. The second-order valence-corrected chi connectivity index (χ2v) is 8.30. The summed E-state index contributed by atoms with van der Waals surface area (Å²) >= 11 is 0. The molecule has 0 aromatic heterocycles. The molecule has 0 atom stereocenters. The Morgan fingerprint density at radius 1 is 0.359 bits per heavy atom. The third kappa shape index (κ3) is 4.00. The molecule has 198 valence electrons. The summed E-state index contributed by atoms with van der Waals surface area (Å²) in [6.07, 6.45) is 0. The third-order valence-electron chi connectivity index (χ3n) is 6.12. The summed E-state index contributed by atoms with van der Waals surface area (Å²) in [6, 6.07) is 6.57. The lowest BCUT2D eigenvalue weighted by atomic mass is 9.85. The maximum atomic E-state index is 14.9. The van der Waals surface area contributed by atoms with Crippen molar-refractivity contribution in [2.45, 2.75) is 0 Å². The van der Waals surface area contributed by atoms with Gasteiger partial charge in [0.1, 0.15) is 17.5 Å². The van der Waals surface area contributed by atoms with Gasteiger partial charge in [0.15, 0.2) is 40.7 Å². The van der Waals surface area contributed by atoms with Crippen molar-refractivity contribution >= 4 is 10.8 Å². The Bertz CT molecular complexity index is 1800. The highest BCUT2D eigenvalue weighted by Crippen LogP contribution is 2.46. The predicted octanol–water partition coefficient (Wildman–Crippen LogP) is 9.37. The molecule has 0 nitrogen and oxygen atoms in total. The fourth-order valence-corrected chi connectivity index (χ4v) is 4.43. The molecule has 0 bridgehead atoms. The van der Waals surface area contributed by atoms with Gasteiger partial charge >= 0.3 is 0 Å². The van der Waals surface area contributed by atoms with E-state index in [-0.39, 0.29) is 0 Å². The van der Waals surface area contributed by atoms with E-state index >= 15 is 0 Å². The molecule has 0 N–H and O–H groups in total. The number of halogens is 11. The van der Waals surface area contributed by atoms with E-state index in [4.69, 9.17) is 0 Å². The summed E-state index contributed by atoms with van der Waals surface area (Å²) in [4.78, 5) is 0. The van der Waals surface area contributed by atoms with Crippen molar-refractivity contribution < 1.29 is 48.3 Å². The Kier molecular flexibility index (Phi) is 6.32. The van der Waals surface area contributed by atoms with Crippen LogP contribution in [0.3, 0.4) is 0 Å². The van der Waals surface area contributed by atoms with E-state index in [0.717, 1.165) is 30.3 Å². The van der Waals surface area contributed by atoms with Crippen LogP contribution in [0.15, 0.2) is 54.6 Å². The van der Waals surface area contributed by atoms with Crippen LogP contribution in [0.2, 0.25) is 0 Å². The smallest absolute Gasteiger partial charge is 0.200 e. The van der Waals surface area contributed by atoms with Crippen molar-refractivity contribution in [3.05, 3.63) is 119 Å². The molecule has 0 saturated carbocycles. The molecule has 5 rings (SSSR count). The molecular formula is C28H9F11. The van der Waals surface area contributed by atoms with Gasteiger partial charge in [-0.2, -0.15) is 0 Å². The van der Waals surface area contributed by atoms with Gasteiger partial charge in [0.25, 0.3) is 0 Å². The van der Waals surface area contributed by atoms with Crippen LogP contribution in [0.25, 0.3) is 44.2 Å². The van der Waals surface area contributed by atoms with Gasteiger partial charge in [-0.25, -0.2) is 48.3 Å². The highest BCUT2D eigenvalue weighted by atomic mass is 19.2. The summed E-state index contributed by atoms with van der Waals surface area (Å²) in [5.74, 6) is -21.0. The topological polar surface area (TPSA) is 0 Å². The average Bonchev–Trinajstić information content (AvgIpc) is 2.90. The first-order chi connectivity index (χ1) is 18.4. The molecule has 5 aromatic carbocycles. The van der Waals surface area contributed by atoms with Gasteiger partial charge in [0, 0.05) is 11.6 Å². The Morgan fingerprint density at radius 3 is 1.59 bits per heavy atom. The van der Waals surface area contributed by atoms with Crippen molar-refractivity contribution in [3.63, 3.8) is 0 Å². The van der Waals surface area contributed by atoms with Gasteiger partial charge < -0.3 is 0 Å². The molecule has 0 aliphatic rings. The van der Waals surface area contributed by atoms with E-state index in [0.29, 0.717) is 24.3 Å². The predicted molar refractivity (Wildman–Crippen MR) is 120 cm³/mol. The van der Waals surface area contributed by atoms with Gasteiger partial charge in [-0.3, -0.25) is 0 Å². The standard InChI is InChI=1S/C28H9F11/c29-10-8-15-12(4-6-16(30)20(15)18(32)9-10)19-11(13-5-7-17(31)23(34)22(13)33)2-1-3-14(19)21-24(35)26(37)28(39)27(38)25(21)36/h1-9H. The Labute approximate surface area is 211 Å². The van der Waals surface area contributed by atoms with E-state index in [1.807, 2.05) is 0 Å². The normalized spacial score (nSPS) is 11.5. The quantitative estimate of drug-likeness (QED) is 0.118. The average molecular weight is 554 g/mol. The van der Waals surface area contributed by atoms with Crippen LogP contribution in [0, 0.1) is 64.0 Å². The van der Waals surface area contributed by atoms with E-state index < -0.39 is 108 Å². The largest absolute Gasteiger partial charge is 0.207 e. The van der Waals surface area contributed by atoms with Gasteiger partial charge in [-0.1, -0.05) is 24.3 Å². The second kappa shape index (κ2) is 9.40. The molecule has 0 aliphatic heterocycles. The zero-order valence-corrected chi connectivity index (χ0v) is 18.9. The molecular weight excluding hydrogens is 545 g/mol. The minimum absolute atomic E-state index is 0.334. The summed E-state index contributed by atoms with van der Waals surface area (Å²) in [6.45, 7) is 0. The molecule has 11 heteroatoms. The third-order valence-corrected chi connectivity index (χ3v) is 6.12. The van der Waals surface area contributed by atoms with E-state index in [2.05, 4.69) is 0 Å².